The topological polar surface area (TPSA) is 84.9 Å². The smallest absolute Gasteiger partial charge is 0.242 e. The molecule has 32 heavy (non-hydrogen) atoms. The summed E-state index contributed by atoms with van der Waals surface area (Å²) in [5, 5.41) is 1.63. The third kappa shape index (κ3) is 4.10. The number of hydrogen-bond acceptors (Lipinski definition) is 8. The van der Waals surface area contributed by atoms with Gasteiger partial charge in [0.15, 0.2) is 0 Å². The van der Waals surface area contributed by atoms with Crippen molar-refractivity contribution in [1.82, 2.24) is 19.2 Å². The van der Waals surface area contributed by atoms with Gasteiger partial charge in [-0.25, -0.2) is 22.7 Å². The average molecular weight is 477 g/mol. The Morgan fingerprint density at radius 1 is 1.12 bits per heavy atom. The fraction of sp³-hybridized carbons (Fsp3) is 0.545. The lowest BCUT2D eigenvalue weighted by atomic mass is 9.91. The molecule has 8 nitrogen and oxygen atoms in total. The molecule has 1 saturated carbocycles. The molecule has 0 bridgehead atoms. The van der Waals surface area contributed by atoms with Crippen molar-refractivity contribution in [1.29, 1.82) is 0 Å². The lowest BCUT2D eigenvalue weighted by Crippen LogP contribution is -2.46. The van der Waals surface area contributed by atoms with Crippen LogP contribution in [0.15, 0.2) is 29.4 Å². The highest BCUT2D eigenvalue weighted by atomic mass is 32.2. The van der Waals surface area contributed by atoms with Gasteiger partial charge in [-0.1, -0.05) is 0 Å². The molecule has 0 N–H and O–H groups in total. The molecule has 2 aromatic heterocycles. The number of ether oxygens (including phenoxy) is 2. The Balaban J connectivity index is 1.40. The van der Waals surface area contributed by atoms with Crippen LogP contribution in [0.3, 0.4) is 0 Å². The standard InChI is InChI=1S/C22H28N4O4S2/c1-25(2)32(27,28)17-7-8-19-18(13-17)20-21(23-14-24-22(20)31-19)30-16-5-3-15(4-6-16)26-9-11-29-12-10-26/h7-8,13-16H,3-6,9-12H2,1-2H3/t15-,16-. The molecule has 2 fully saturated rings. The van der Waals surface area contributed by atoms with E-state index in [0.29, 0.717) is 11.9 Å². The molecule has 0 amide bonds. The van der Waals surface area contributed by atoms with Crippen molar-refractivity contribution in [2.45, 2.75) is 42.7 Å². The minimum Gasteiger partial charge on any atom is -0.474 e. The molecule has 10 heteroatoms. The molecular formula is C22H28N4O4S2. The molecule has 1 saturated heterocycles. The number of thiophene rings is 1. The Kier molecular flexibility index (Phi) is 6.06. The normalized spacial score (nSPS) is 23.2. The number of hydrogen-bond donors (Lipinski definition) is 0. The largest absolute Gasteiger partial charge is 0.474 e. The summed E-state index contributed by atoms with van der Waals surface area (Å²) in [6, 6.07) is 5.81. The molecule has 1 aromatic carbocycles. The zero-order valence-corrected chi connectivity index (χ0v) is 20.0. The summed E-state index contributed by atoms with van der Waals surface area (Å²) in [4.78, 5) is 12.5. The van der Waals surface area contributed by atoms with Gasteiger partial charge >= 0.3 is 0 Å². The second-order valence-electron chi connectivity index (χ2n) is 8.60. The van der Waals surface area contributed by atoms with E-state index < -0.39 is 10.0 Å². The van der Waals surface area contributed by atoms with Gasteiger partial charge in [0.25, 0.3) is 0 Å². The molecule has 3 heterocycles. The van der Waals surface area contributed by atoms with Gasteiger partial charge in [-0.2, -0.15) is 0 Å². The van der Waals surface area contributed by atoms with Crippen LogP contribution in [0, 0.1) is 0 Å². The molecule has 2 aliphatic rings. The first-order valence-electron chi connectivity index (χ1n) is 11.0. The molecule has 0 spiro atoms. The van der Waals surface area contributed by atoms with Crippen LogP contribution in [0.1, 0.15) is 25.7 Å². The number of benzene rings is 1. The number of aromatic nitrogens is 2. The second-order valence-corrected chi connectivity index (χ2v) is 11.8. The van der Waals surface area contributed by atoms with Crippen molar-refractivity contribution in [3.05, 3.63) is 24.5 Å². The van der Waals surface area contributed by atoms with Crippen LogP contribution < -0.4 is 4.74 Å². The number of fused-ring (bicyclic) bond motifs is 3. The van der Waals surface area contributed by atoms with Crippen LogP contribution in [0.2, 0.25) is 0 Å². The van der Waals surface area contributed by atoms with Crippen LogP contribution in [0.4, 0.5) is 0 Å². The van der Waals surface area contributed by atoms with Crippen LogP contribution in [-0.4, -0.2) is 80.1 Å². The highest BCUT2D eigenvalue weighted by molar-refractivity contribution is 7.89. The number of nitrogens with zero attached hydrogens (tertiary/aromatic N) is 4. The number of rotatable bonds is 5. The molecular weight excluding hydrogens is 448 g/mol. The zero-order valence-electron chi connectivity index (χ0n) is 18.4. The van der Waals surface area contributed by atoms with E-state index in [-0.39, 0.29) is 11.0 Å². The summed E-state index contributed by atoms with van der Waals surface area (Å²) >= 11 is 1.53. The Morgan fingerprint density at radius 3 is 2.59 bits per heavy atom. The lowest BCUT2D eigenvalue weighted by Gasteiger charge is -2.38. The first kappa shape index (κ1) is 22.0. The van der Waals surface area contributed by atoms with E-state index in [1.165, 1.54) is 36.1 Å². The minimum absolute atomic E-state index is 0.106. The van der Waals surface area contributed by atoms with E-state index in [0.717, 1.165) is 72.3 Å². The summed E-state index contributed by atoms with van der Waals surface area (Å²) in [5.41, 5.74) is 0. The summed E-state index contributed by atoms with van der Waals surface area (Å²) in [7, 11) is -0.453. The SMILES string of the molecule is CN(C)S(=O)(=O)c1ccc2sc3ncnc(O[C@H]4CC[C@H](N5CCOCC5)CC4)c3c2c1. The van der Waals surface area contributed by atoms with Gasteiger partial charge in [0.1, 0.15) is 17.3 Å². The van der Waals surface area contributed by atoms with Crippen molar-refractivity contribution in [3.8, 4) is 5.88 Å². The lowest BCUT2D eigenvalue weighted by molar-refractivity contribution is -0.00125. The predicted molar refractivity (Wildman–Crippen MR) is 125 cm³/mol. The molecule has 5 rings (SSSR count). The maximum atomic E-state index is 12.7. The van der Waals surface area contributed by atoms with Gasteiger partial charge < -0.3 is 9.47 Å². The van der Waals surface area contributed by atoms with E-state index in [9.17, 15) is 8.42 Å². The van der Waals surface area contributed by atoms with Gasteiger partial charge in [-0.15, -0.1) is 11.3 Å². The van der Waals surface area contributed by atoms with Gasteiger partial charge in [-0.3, -0.25) is 4.90 Å². The molecule has 3 aromatic rings. The quantitative estimate of drug-likeness (QED) is 0.559. The van der Waals surface area contributed by atoms with Crippen molar-refractivity contribution in [2.75, 3.05) is 40.4 Å². The van der Waals surface area contributed by atoms with E-state index in [2.05, 4.69) is 14.9 Å². The molecule has 1 aliphatic heterocycles. The molecule has 1 aliphatic carbocycles. The first-order valence-corrected chi connectivity index (χ1v) is 13.3. The van der Waals surface area contributed by atoms with Gasteiger partial charge in [0, 0.05) is 43.3 Å². The third-order valence-electron chi connectivity index (χ3n) is 6.47. The van der Waals surface area contributed by atoms with E-state index in [4.69, 9.17) is 9.47 Å². The Bertz CT molecular complexity index is 1210. The monoisotopic (exact) mass is 476 g/mol. The molecule has 0 radical (unpaired) electrons. The van der Waals surface area contributed by atoms with Gasteiger partial charge in [0.2, 0.25) is 15.9 Å². The summed E-state index contributed by atoms with van der Waals surface area (Å²) in [6.45, 7) is 3.68. The summed E-state index contributed by atoms with van der Waals surface area (Å²) in [5.74, 6) is 0.551. The van der Waals surface area contributed by atoms with Crippen molar-refractivity contribution < 1.29 is 17.9 Å². The van der Waals surface area contributed by atoms with Crippen molar-refractivity contribution in [3.63, 3.8) is 0 Å². The zero-order chi connectivity index (χ0) is 22.3. The van der Waals surface area contributed by atoms with E-state index >= 15 is 0 Å². The van der Waals surface area contributed by atoms with E-state index in [1.54, 1.807) is 12.1 Å². The minimum atomic E-state index is -3.53. The fourth-order valence-electron chi connectivity index (χ4n) is 4.65. The third-order valence-corrected chi connectivity index (χ3v) is 9.36. The van der Waals surface area contributed by atoms with Gasteiger partial charge in [0.05, 0.1) is 23.5 Å². The maximum Gasteiger partial charge on any atom is 0.242 e. The van der Waals surface area contributed by atoms with Gasteiger partial charge in [-0.05, 0) is 43.9 Å². The molecule has 0 unspecified atom stereocenters. The Hall–Kier alpha value is -1.85. The van der Waals surface area contributed by atoms with E-state index in [1.807, 2.05) is 6.07 Å². The van der Waals surface area contributed by atoms with Crippen molar-refractivity contribution in [2.24, 2.45) is 0 Å². The van der Waals surface area contributed by atoms with Crippen LogP contribution >= 0.6 is 11.3 Å². The summed E-state index contributed by atoms with van der Waals surface area (Å²) in [6.07, 6.45) is 5.81. The Labute approximate surface area is 192 Å². The highest BCUT2D eigenvalue weighted by Gasteiger charge is 2.29. The fourth-order valence-corrected chi connectivity index (χ4v) is 6.59. The van der Waals surface area contributed by atoms with Crippen molar-refractivity contribution >= 4 is 41.7 Å². The Morgan fingerprint density at radius 2 is 1.88 bits per heavy atom. The molecule has 0 atom stereocenters. The maximum absolute atomic E-state index is 12.7. The second kappa shape index (κ2) is 8.83. The summed E-state index contributed by atoms with van der Waals surface area (Å²) < 4.78 is 39.4. The first-order chi connectivity index (χ1) is 15.4. The van der Waals surface area contributed by atoms with Crippen LogP contribution in [-0.2, 0) is 14.8 Å². The predicted octanol–water partition coefficient (Wildman–Crippen LogP) is 3.12. The number of sulfonamides is 1. The highest BCUT2D eigenvalue weighted by Crippen LogP contribution is 2.39. The van der Waals surface area contributed by atoms with Crippen LogP contribution in [0.25, 0.3) is 20.3 Å². The average Bonchev–Trinajstić information content (AvgIpc) is 3.19. The molecule has 172 valence electrons. The van der Waals surface area contributed by atoms with Crippen LogP contribution in [0.5, 0.6) is 5.88 Å². The number of morpholine rings is 1.